The summed E-state index contributed by atoms with van der Waals surface area (Å²) in [5, 5.41) is 14.1. The number of rotatable bonds is 15. The fourth-order valence-corrected chi connectivity index (χ4v) is 3.41. The molecule has 0 bridgehead atoms. The average molecular weight is 483 g/mol. The third-order valence-corrected chi connectivity index (χ3v) is 5.36. The number of nitrogens with zero attached hydrogens (tertiary/aromatic N) is 1. The van der Waals surface area contributed by atoms with Gasteiger partial charge >= 0.3 is 0 Å². The minimum atomic E-state index is -0.435. The first-order valence-electron chi connectivity index (χ1n) is 11.8. The molecule has 0 aromatic heterocycles. The average Bonchev–Trinajstić information content (AvgIpc) is 2.88. The van der Waals surface area contributed by atoms with Gasteiger partial charge in [0.1, 0.15) is 13.1 Å². The first-order valence-corrected chi connectivity index (χ1v) is 11.8. The Bertz CT molecular complexity index is 880. The summed E-state index contributed by atoms with van der Waals surface area (Å²) in [7, 11) is 0. The molecule has 0 radical (unpaired) electrons. The van der Waals surface area contributed by atoms with Crippen molar-refractivity contribution in [3.8, 4) is 0 Å². The SMILES string of the molecule is O=C(CCCCCCC(=O)N(CC(=O)NCc1ccccc1)CC(=O)NCc1ccccc1)NO. The van der Waals surface area contributed by atoms with Gasteiger partial charge in [-0.05, 0) is 24.0 Å². The number of hydrogen-bond donors (Lipinski definition) is 4. The normalized spacial score (nSPS) is 10.3. The van der Waals surface area contributed by atoms with Crippen LogP contribution in [-0.2, 0) is 32.3 Å². The molecule has 9 nitrogen and oxygen atoms in total. The topological polar surface area (TPSA) is 128 Å². The lowest BCUT2D eigenvalue weighted by molar-refractivity contribution is -0.139. The van der Waals surface area contributed by atoms with Crippen LogP contribution < -0.4 is 16.1 Å². The number of hydrogen-bond acceptors (Lipinski definition) is 5. The van der Waals surface area contributed by atoms with Gasteiger partial charge in [-0.25, -0.2) is 5.48 Å². The summed E-state index contributed by atoms with van der Waals surface area (Å²) < 4.78 is 0. The van der Waals surface area contributed by atoms with Crippen LogP contribution >= 0.6 is 0 Å². The van der Waals surface area contributed by atoms with Crippen LogP contribution in [0, 0.1) is 0 Å². The minimum Gasteiger partial charge on any atom is -0.350 e. The molecular weight excluding hydrogens is 448 g/mol. The minimum absolute atomic E-state index is 0.199. The summed E-state index contributed by atoms with van der Waals surface area (Å²) in [6.07, 6.45) is 3.06. The van der Waals surface area contributed by atoms with Gasteiger partial charge in [0, 0.05) is 25.9 Å². The largest absolute Gasteiger partial charge is 0.350 e. The van der Waals surface area contributed by atoms with Crippen molar-refractivity contribution >= 4 is 23.6 Å². The number of carbonyl (C=O) groups excluding carboxylic acids is 4. The Labute approximate surface area is 205 Å². The second-order valence-corrected chi connectivity index (χ2v) is 8.22. The number of hydroxylamine groups is 1. The molecule has 0 heterocycles. The van der Waals surface area contributed by atoms with E-state index >= 15 is 0 Å². The van der Waals surface area contributed by atoms with Gasteiger partial charge in [0.05, 0.1) is 0 Å². The molecule has 35 heavy (non-hydrogen) atoms. The van der Waals surface area contributed by atoms with Crippen molar-refractivity contribution < 1.29 is 24.4 Å². The molecule has 188 valence electrons. The molecule has 0 atom stereocenters. The Balaban J connectivity index is 1.84. The van der Waals surface area contributed by atoms with E-state index in [1.807, 2.05) is 60.7 Å². The van der Waals surface area contributed by atoms with E-state index in [1.165, 1.54) is 4.90 Å². The van der Waals surface area contributed by atoms with Crippen molar-refractivity contribution in [2.75, 3.05) is 13.1 Å². The molecule has 0 aliphatic carbocycles. The van der Waals surface area contributed by atoms with Crippen molar-refractivity contribution in [2.45, 2.75) is 51.6 Å². The number of nitrogens with one attached hydrogen (secondary N) is 3. The zero-order valence-electron chi connectivity index (χ0n) is 19.9. The maximum atomic E-state index is 12.8. The second-order valence-electron chi connectivity index (χ2n) is 8.22. The maximum absolute atomic E-state index is 12.8. The molecule has 0 aliphatic heterocycles. The number of unbranched alkanes of at least 4 members (excludes halogenated alkanes) is 3. The van der Waals surface area contributed by atoms with Crippen molar-refractivity contribution in [3.05, 3.63) is 71.8 Å². The van der Waals surface area contributed by atoms with Gasteiger partial charge in [0.25, 0.3) is 0 Å². The van der Waals surface area contributed by atoms with Gasteiger partial charge in [-0.2, -0.15) is 0 Å². The Hall–Kier alpha value is -3.72. The van der Waals surface area contributed by atoms with Crippen molar-refractivity contribution in [2.24, 2.45) is 0 Å². The molecular formula is C26H34N4O5. The molecule has 0 aliphatic rings. The number of carbonyl (C=O) groups is 4. The highest BCUT2D eigenvalue weighted by Gasteiger charge is 2.20. The summed E-state index contributed by atoms with van der Waals surface area (Å²) in [4.78, 5) is 50.1. The molecule has 2 aromatic rings. The fraction of sp³-hybridized carbons (Fsp3) is 0.385. The van der Waals surface area contributed by atoms with E-state index in [9.17, 15) is 19.2 Å². The van der Waals surface area contributed by atoms with Crippen molar-refractivity contribution in [1.82, 2.24) is 21.0 Å². The standard InChI is InChI=1S/C26H34N4O5/c31-23(29-35)15-9-1-2-10-16-26(34)30(19-24(32)27-17-21-11-5-3-6-12-21)20-25(33)28-18-22-13-7-4-8-14-22/h3-8,11-14,35H,1-2,9-10,15-20H2,(H,27,32)(H,28,33)(H,29,31). The van der Waals surface area contributed by atoms with Crippen LogP contribution in [-0.4, -0.2) is 46.8 Å². The molecule has 2 aromatic carbocycles. The van der Waals surface area contributed by atoms with Crippen LogP contribution in [0.15, 0.2) is 60.7 Å². The Kier molecular flexibility index (Phi) is 12.6. The number of benzene rings is 2. The van der Waals surface area contributed by atoms with Gasteiger partial charge in [-0.3, -0.25) is 24.4 Å². The van der Waals surface area contributed by atoms with Crippen LogP contribution in [0.5, 0.6) is 0 Å². The van der Waals surface area contributed by atoms with E-state index in [0.717, 1.165) is 24.0 Å². The predicted molar refractivity (Wildman–Crippen MR) is 131 cm³/mol. The van der Waals surface area contributed by atoms with Gasteiger partial charge in [-0.1, -0.05) is 73.5 Å². The summed E-state index contributed by atoms with van der Waals surface area (Å²) >= 11 is 0. The molecule has 0 unspecified atom stereocenters. The lowest BCUT2D eigenvalue weighted by atomic mass is 10.1. The monoisotopic (exact) mass is 482 g/mol. The smallest absolute Gasteiger partial charge is 0.243 e. The number of amides is 4. The third-order valence-electron chi connectivity index (χ3n) is 5.36. The quantitative estimate of drug-likeness (QED) is 0.176. The molecule has 9 heteroatoms. The van der Waals surface area contributed by atoms with Crippen LogP contribution in [0.1, 0.15) is 49.7 Å². The van der Waals surface area contributed by atoms with Crippen LogP contribution in [0.2, 0.25) is 0 Å². The molecule has 0 spiro atoms. The molecule has 4 N–H and O–H groups in total. The van der Waals surface area contributed by atoms with E-state index in [-0.39, 0.29) is 43.7 Å². The summed E-state index contributed by atoms with van der Waals surface area (Å²) in [6, 6.07) is 18.9. The maximum Gasteiger partial charge on any atom is 0.243 e. The van der Waals surface area contributed by atoms with Crippen molar-refractivity contribution in [1.29, 1.82) is 0 Å². The lowest BCUT2D eigenvalue weighted by Crippen LogP contribution is -2.45. The molecule has 0 fully saturated rings. The van der Waals surface area contributed by atoms with E-state index in [4.69, 9.17) is 5.21 Å². The van der Waals surface area contributed by atoms with Crippen LogP contribution in [0.25, 0.3) is 0 Å². The van der Waals surface area contributed by atoms with Crippen molar-refractivity contribution in [3.63, 3.8) is 0 Å². The third kappa shape index (κ3) is 11.8. The Morgan fingerprint density at radius 3 is 1.54 bits per heavy atom. The highest BCUT2D eigenvalue weighted by Crippen LogP contribution is 2.08. The van der Waals surface area contributed by atoms with E-state index in [2.05, 4.69) is 10.6 Å². The van der Waals surface area contributed by atoms with E-state index in [0.29, 0.717) is 25.9 Å². The summed E-state index contributed by atoms with van der Waals surface area (Å²) in [5.41, 5.74) is 3.47. The van der Waals surface area contributed by atoms with Gasteiger partial charge in [0.2, 0.25) is 23.6 Å². The summed E-state index contributed by atoms with van der Waals surface area (Å²) in [6.45, 7) is 0.259. The zero-order valence-corrected chi connectivity index (χ0v) is 19.9. The highest BCUT2D eigenvalue weighted by atomic mass is 16.5. The second kappa shape index (κ2) is 16.0. The van der Waals surface area contributed by atoms with Crippen LogP contribution in [0.3, 0.4) is 0 Å². The molecule has 0 saturated heterocycles. The summed E-state index contributed by atoms with van der Waals surface area (Å²) in [5.74, 6) is -1.39. The molecule has 0 saturated carbocycles. The van der Waals surface area contributed by atoms with Gasteiger partial charge in [-0.15, -0.1) is 0 Å². The van der Waals surface area contributed by atoms with Gasteiger partial charge < -0.3 is 15.5 Å². The Morgan fingerprint density at radius 1 is 0.629 bits per heavy atom. The van der Waals surface area contributed by atoms with E-state index < -0.39 is 5.91 Å². The highest BCUT2D eigenvalue weighted by molar-refractivity contribution is 5.89. The van der Waals surface area contributed by atoms with Crippen LogP contribution in [0.4, 0.5) is 0 Å². The zero-order chi connectivity index (χ0) is 25.3. The molecule has 2 rings (SSSR count). The predicted octanol–water partition coefficient (Wildman–Crippen LogP) is 2.29. The Morgan fingerprint density at radius 2 is 1.09 bits per heavy atom. The first kappa shape index (κ1) is 27.5. The first-order chi connectivity index (χ1) is 17.0. The molecule has 4 amide bonds. The fourth-order valence-electron chi connectivity index (χ4n) is 3.41. The van der Waals surface area contributed by atoms with Gasteiger partial charge in [0.15, 0.2) is 0 Å². The van der Waals surface area contributed by atoms with E-state index in [1.54, 1.807) is 5.48 Å². The lowest BCUT2D eigenvalue weighted by Gasteiger charge is -2.22.